The van der Waals surface area contributed by atoms with E-state index >= 15 is 0 Å². The maximum Gasteiger partial charge on any atom is 0.257 e. The summed E-state index contributed by atoms with van der Waals surface area (Å²) in [5.41, 5.74) is 0.505. The molecule has 3 rings (SSSR count). The molecule has 1 aliphatic carbocycles. The standard InChI is InChI=1S/C18H25N3O3.ClH/c1-19-16(22)11-24-15-7-5-14(6-8-15)21-17(23)18-9-3-2-4-13(18)10-20-12-18;/h5-8,13,20H,2-4,9-12H2,1H3,(H,19,22)(H,21,23);1H/t13-,18+;/m0./s1. The Labute approximate surface area is 154 Å². The van der Waals surface area contributed by atoms with Gasteiger partial charge in [-0.15, -0.1) is 12.4 Å². The van der Waals surface area contributed by atoms with Gasteiger partial charge in [0.1, 0.15) is 5.75 Å². The lowest BCUT2D eigenvalue weighted by molar-refractivity contribution is -0.128. The van der Waals surface area contributed by atoms with Gasteiger partial charge in [-0.2, -0.15) is 0 Å². The quantitative estimate of drug-likeness (QED) is 0.743. The van der Waals surface area contributed by atoms with Crippen LogP contribution in [0.3, 0.4) is 0 Å². The van der Waals surface area contributed by atoms with Crippen LogP contribution in [0, 0.1) is 11.3 Å². The van der Waals surface area contributed by atoms with Crippen molar-refractivity contribution in [1.82, 2.24) is 10.6 Å². The lowest BCUT2D eigenvalue weighted by Crippen LogP contribution is -2.44. The Kier molecular flexibility index (Phi) is 6.67. The smallest absolute Gasteiger partial charge is 0.257 e. The molecule has 6 nitrogen and oxygen atoms in total. The second-order valence-corrected chi connectivity index (χ2v) is 6.67. The molecule has 1 saturated heterocycles. The molecule has 7 heteroatoms. The van der Waals surface area contributed by atoms with Gasteiger partial charge in [0.15, 0.2) is 6.61 Å². The summed E-state index contributed by atoms with van der Waals surface area (Å²) < 4.78 is 5.37. The highest BCUT2D eigenvalue weighted by atomic mass is 35.5. The predicted molar refractivity (Wildman–Crippen MR) is 99.1 cm³/mol. The van der Waals surface area contributed by atoms with Crippen LogP contribution in [0.1, 0.15) is 25.7 Å². The number of fused-ring (bicyclic) bond motifs is 1. The zero-order valence-electron chi connectivity index (χ0n) is 14.5. The number of rotatable bonds is 5. The first-order valence-electron chi connectivity index (χ1n) is 8.60. The van der Waals surface area contributed by atoms with Crippen molar-refractivity contribution in [2.24, 2.45) is 11.3 Å². The van der Waals surface area contributed by atoms with E-state index in [1.165, 1.54) is 6.42 Å². The molecule has 0 radical (unpaired) electrons. The largest absolute Gasteiger partial charge is 0.484 e. The van der Waals surface area contributed by atoms with Crippen LogP contribution in [0.2, 0.25) is 0 Å². The Balaban J connectivity index is 0.00000225. The number of nitrogens with one attached hydrogen (secondary N) is 3. The van der Waals surface area contributed by atoms with Crippen molar-refractivity contribution in [3.8, 4) is 5.75 Å². The van der Waals surface area contributed by atoms with Crippen molar-refractivity contribution in [3.63, 3.8) is 0 Å². The number of carbonyl (C=O) groups excluding carboxylic acids is 2. The highest BCUT2D eigenvalue weighted by Gasteiger charge is 2.49. The number of benzene rings is 1. The van der Waals surface area contributed by atoms with E-state index in [1.54, 1.807) is 19.2 Å². The lowest BCUT2D eigenvalue weighted by Gasteiger charge is -2.37. The van der Waals surface area contributed by atoms with Gasteiger partial charge in [0, 0.05) is 19.3 Å². The Morgan fingerprint density at radius 2 is 2.04 bits per heavy atom. The van der Waals surface area contributed by atoms with E-state index in [0.29, 0.717) is 11.7 Å². The van der Waals surface area contributed by atoms with Crippen molar-refractivity contribution in [3.05, 3.63) is 24.3 Å². The number of hydrogen-bond acceptors (Lipinski definition) is 4. The number of hydrogen-bond donors (Lipinski definition) is 3. The third-order valence-corrected chi connectivity index (χ3v) is 5.25. The Bertz CT molecular complexity index is 608. The highest BCUT2D eigenvalue weighted by Crippen LogP contribution is 2.44. The molecule has 0 aromatic heterocycles. The molecule has 3 N–H and O–H groups in total. The fourth-order valence-corrected chi connectivity index (χ4v) is 3.80. The van der Waals surface area contributed by atoms with Crippen LogP contribution in [-0.4, -0.2) is 38.6 Å². The normalized spacial score (nSPS) is 24.6. The summed E-state index contributed by atoms with van der Waals surface area (Å²) in [7, 11) is 1.57. The van der Waals surface area contributed by atoms with Gasteiger partial charge in [0.05, 0.1) is 5.41 Å². The molecule has 0 spiro atoms. The van der Waals surface area contributed by atoms with E-state index in [1.807, 2.05) is 12.1 Å². The van der Waals surface area contributed by atoms with E-state index in [9.17, 15) is 9.59 Å². The summed E-state index contributed by atoms with van der Waals surface area (Å²) in [6.07, 6.45) is 4.44. The van der Waals surface area contributed by atoms with Gasteiger partial charge >= 0.3 is 0 Å². The maximum absolute atomic E-state index is 12.9. The summed E-state index contributed by atoms with van der Waals surface area (Å²) in [5.74, 6) is 0.994. The molecule has 1 aromatic carbocycles. The van der Waals surface area contributed by atoms with E-state index in [0.717, 1.165) is 38.0 Å². The number of anilines is 1. The number of ether oxygens (including phenoxy) is 1. The van der Waals surface area contributed by atoms with E-state index in [2.05, 4.69) is 16.0 Å². The van der Waals surface area contributed by atoms with E-state index in [4.69, 9.17) is 4.74 Å². The first kappa shape index (κ1) is 19.5. The van der Waals surface area contributed by atoms with E-state index in [-0.39, 0.29) is 36.2 Å². The first-order valence-corrected chi connectivity index (χ1v) is 8.60. The molecular formula is C18H26ClN3O3. The second kappa shape index (κ2) is 8.54. The summed E-state index contributed by atoms with van der Waals surface area (Å²) in [5, 5.41) is 8.96. The van der Waals surface area contributed by atoms with Crippen molar-refractivity contribution < 1.29 is 14.3 Å². The zero-order valence-corrected chi connectivity index (χ0v) is 15.3. The van der Waals surface area contributed by atoms with Crippen LogP contribution in [0.4, 0.5) is 5.69 Å². The molecule has 2 fully saturated rings. The minimum Gasteiger partial charge on any atom is -0.484 e. The SMILES string of the molecule is CNC(=O)COc1ccc(NC(=O)[C@@]23CCCC[C@H]2CNC3)cc1.Cl. The van der Waals surface area contributed by atoms with Crippen LogP contribution >= 0.6 is 12.4 Å². The van der Waals surface area contributed by atoms with Gasteiger partial charge in [-0.1, -0.05) is 12.8 Å². The van der Waals surface area contributed by atoms with Crippen LogP contribution in [-0.2, 0) is 9.59 Å². The van der Waals surface area contributed by atoms with Gasteiger partial charge in [-0.05, 0) is 49.6 Å². The molecule has 0 unspecified atom stereocenters. The van der Waals surface area contributed by atoms with Gasteiger partial charge < -0.3 is 20.7 Å². The van der Waals surface area contributed by atoms with Gasteiger partial charge in [-0.25, -0.2) is 0 Å². The van der Waals surface area contributed by atoms with Crippen molar-refractivity contribution >= 4 is 29.9 Å². The van der Waals surface area contributed by atoms with Crippen molar-refractivity contribution in [2.45, 2.75) is 25.7 Å². The molecule has 25 heavy (non-hydrogen) atoms. The Hall–Kier alpha value is -1.79. The molecule has 1 aromatic rings. The summed E-state index contributed by atoms with van der Waals surface area (Å²) >= 11 is 0. The lowest BCUT2D eigenvalue weighted by atomic mass is 9.67. The second-order valence-electron chi connectivity index (χ2n) is 6.67. The number of amides is 2. The average molecular weight is 368 g/mol. The first-order chi connectivity index (χ1) is 11.6. The molecular weight excluding hydrogens is 342 g/mol. The van der Waals surface area contributed by atoms with E-state index < -0.39 is 0 Å². The topological polar surface area (TPSA) is 79.5 Å². The monoisotopic (exact) mass is 367 g/mol. The number of likely N-dealkylation sites (N-methyl/N-ethyl adjacent to an activating group) is 1. The molecule has 2 amide bonds. The minimum absolute atomic E-state index is 0. The van der Waals surface area contributed by atoms with Gasteiger partial charge in [-0.3, -0.25) is 9.59 Å². The molecule has 1 saturated carbocycles. The molecule has 1 heterocycles. The summed E-state index contributed by atoms with van der Waals surface area (Å²) in [4.78, 5) is 24.1. The molecule has 1 aliphatic heterocycles. The van der Waals surface area contributed by atoms with Gasteiger partial charge in [0.2, 0.25) is 5.91 Å². The molecule has 138 valence electrons. The summed E-state index contributed by atoms with van der Waals surface area (Å²) in [6, 6.07) is 7.16. The van der Waals surface area contributed by atoms with Crippen LogP contribution in [0.25, 0.3) is 0 Å². The molecule has 2 atom stereocenters. The predicted octanol–water partition coefficient (Wildman–Crippen LogP) is 1.95. The van der Waals surface area contributed by atoms with Gasteiger partial charge in [0.25, 0.3) is 5.91 Å². The Morgan fingerprint density at radius 3 is 2.76 bits per heavy atom. The van der Waals surface area contributed by atoms with Crippen molar-refractivity contribution in [1.29, 1.82) is 0 Å². The minimum atomic E-state index is -0.257. The highest BCUT2D eigenvalue weighted by molar-refractivity contribution is 5.96. The van der Waals surface area contributed by atoms with Crippen LogP contribution in [0.5, 0.6) is 5.75 Å². The fourth-order valence-electron chi connectivity index (χ4n) is 3.80. The number of carbonyl (C=O) groups is 2. The van der Waals surface area contributed by atoms with Crippen molar-refractivity contribution in [2.75, 3.05) is 32.1 Å². The van der Waals surface area contributed by atoms with Crippen LogP contribution < -0.4 is 20.7 Å². The Morgan fingerprint density at radius 1 is 1.28 bits per heavy atom. The number of halogens is 1. The zero-order chi connectivity index (χ0) is 17.0. The maximum atomic E-state index is 12.9. The summed E-state index contributed by atoms with van der Waals surface area (Å²) in [6.45, 7) is 1.70. The fraction of sp³-hybridized carbons (Fsp3) is 0.556. The third-order valence-electron chi connectivity index (χ3n) is 5.25. The third kappa shape index (κ3) is 4.25. The molecule has 0 bridgehead atoms. The average Bonchev–Trinajstić information content (AvgIpc) is 3.06. The molecule has 2 aliphatic rings. The van der Waals surface area contributed by atoms with Crippen LogP contribution in [0.15, 0.2) is 24.3 Å².